The fourth-order valence-corrected chi connectivity index (χ4v) is 4.03. The second-order valence-electron chi connectivity index (χ2n) is 8.60. The summed E-state index contributed by atoms with van der Waals surface area (Å²) in [6, 6.07) is 0.651. The van der Waals surface area contributed by atoms with Gasteiger partial charge in [0, 0.05) is 25.4 Å². The minimum absolute atomic E-state index is 0.250. The molecule has 1 aliphatic carbocycles. The van der Waals surface area contributed by atoms with Gasteiger partial charge in [-0.1, -0.05) is 34.1 Å². The van der Waals surface area contributed by atoms with Crippen molar-refractivity contribution in [3.8, 4) is 0 Å². The third-order valence-corrected chi connectivity index (χ3v) is 6.82. The van der Waals surface area contributed by atoms with Crippen LogP contribution in [0.1, 0.15) is 79.6 Å². The fraction of sp³-hybridized carbons (Fsp3) is 1.00. The molecule has 0 bridgehead atoms. The molecular weight excluding hydrogens is 286 g/mol. The Balaban J connectivity index is 1.77. The SMILES string of the molecule is CCC(C)N(C)CCC1COC2(CCC(C(C)(C)CC)CC2)O1. The molecular formula is C20H39NO2. The second-order valence-corrected chi connectivity index (χ2v) is 8.60. The van der Waals surface area contributed by atoms with Crippen molar-refractivity contribution in [1.29, 1.82) is 0 Å². The molecule has 1 heterocycles. The van der Waals surface area contributed by atoms with Crippen LogP contribution < -0.4 is 0 Å². The lowest BCUT2D eigenvalue weighted by atomic mass is 9.68. The van der Waals surface area contributed by atoms with E-state index in [9.17, 15) is 0 Å². The van der Waals surface area contributed by atoms with Crippen molar-refractivity contribution in [3.63, 3.8) is 0 Å². The summed E-state index contributed by atoms with van der Waals surface area (Å²) in [5.41, 5.74) is 0.457. The highest BCUT2D eigenvalue weighted by Gasteiger charge is 2.46. The summed E-state index contributed by atoms with van der Waals surface area (Å²) in [6.07, 6.45) is 8.51. The molecule has 3 nitrogen and oxygen atoms in total. The highest BCUT2D eigenvalue weighted by atomic mass is 16.7. The first-order chi connectivity index (χ1) is 10.8. The normalized spacial score (nSPS) is 33.5. The van der Waals surface area contributed by atoms with Crippen LogP contribution in [0.15, 0.2) is 0 Å². The Bertz CT molecular complexity index is 361. The Morgan fingerprint density at radius 3 is 2.43 bits per heavy atom. The third kappa shape index (κ3) is 4.70. The van der Waals surface area contributed by atoms with Crippen LogP contribution >= 0.6 is 0 Å². The lowest BCUT2D eigenvalue weighted by molar-refractivity contribution is -0.197. The monoisotopic (exact) mass is 325 g/mol. The van der Waals surface area contributed by atoms with Crippen LogP contribution in [0.4, 0.5) is 0 Å². The van der Waals surface area contributed by atoms with Crippen molar-refractivity contribution in [1.82, 2.24) is 4.90 Å². The summed E-state index contributed by atoms with van der Waals surface area (Å²) in [6.45, 7) is 13.6. The summed E-state index contributed by atoms with van der Waals surface area (Å²) >= 11 is 0. The molecule has 0 radical (unpaired) electrons. The van der Waals surface area contributed by atoms with Crippen LogP contribution in [0.3, 0.4) is 0 Å². The number of rotatable bonds is 7. The van der Waals surface area contributed by atoms with Crippen molar-refractivity contribution >= 4 is 0 Å². The van der Waals surface area contributed by atoms with Gasteiger partial charge in [0.05, 0.1) is 12.7 Å². The summed E-state index contributed by atoms with van der Waals surface area (Å²) in [4.78, 5) is 2.44. The zero-order valence-corrected chi connectivity index (χ0v) is 16.4. The Morgan fingerprint density at radius 2 is 1.87 bits per heavy atom. The molecule has 136 valence electrons. The highest BCUT2D eigenvalue weighted by molar-refractivity contribution is 4.89. The average Bonchev–Trinajstić information content (AvgIpc) is 2.95. The molecule has 1 saturated carbocycles. The minimum Gasteiger partial charge on any atom is -0.347 e. The van der Waals surface area contributed by atoms with E-state index >= 15 is 0 Å². The minimum atomic E-state index is -0.250. The highest BCUT2D eigenvalue weighted by Crippen LogP contribution is 2.47. The van der Waals surface area contributed by atoms with Crippen molar-refractivity contribution in [2.45, 2.75) is 97.5 Å². The first-order valence-corrected chi connectivity index (χ1v) is 9.84. The second kappa shape index (κ2) is 7.84. The van der Waals surface area contributed by atoms with E-state index in [1.165, 1.54) is 25.7 Å². The van der Waals surface area contributed by atoms with Gasteiger partial charge in [-0.2, -0.15) is 0 Å². The van der Waals surface area contributed by atoms with E-state index in [1.54, 1.807) is 0 Å². The summed E-state index contributed by atoms with van der Waals surface area (Å²) in [5.74, 6) is 0.570. The van der Waals surface area contributed by atoms with Gasteiger partial charge in [0.1, 0.15) is 0 Å². The Kier molecular flexibility index (Phi) is 6.55. The maximum absolute atomic E-state index is 6.40. The molecule has 2 rings (SSSR count). The molecule has 0 aromatic rings. The van der Waals surface area contributed by atoms with E-state index in [4.69, 9.17) is 9.47 Å². The molecule has 1 aliphatic heterocycles. The molecule has 1 saturated heterocycles. The molecule has 0 aromatic heterocycles. The smallest absolute Gasteiger partial charge is 0.168 e. The van der Waals surface area contributed by atoms with Crippen LogP contribution in [0.5, 0.6) is 0 Å². The van der Waals surface area contributed by atoms with Gasteiger partial charge >= 0.3 is 0 Å². The molecule has 3 heteroatoms. The molecule has 2 atom stereocenters. The Hall–Kier alpha value is -0.120. The van der Waals surface area contributed by atoms with Crippen molar-refractivity contribution in [2.24, 2.45) is 11.3 Å². The van der Waals surface area contributed by atoms with Gasteiger partial charge < -0.3 is 14.4 Å². The van der Waals surface area contributed by atoms with E-state index in [1.807, 2.05) is 0 Å². The maximum atomic E-state index is 6.40. The molecule has 23 heavy (non-hydrogen) atoms. The molecule has 2 aliphatic rings. The van der Waals surface area contributed by atoms with E-state index in [2.05, 4.69) is 46.6 Å². The first kappa shape index (κ1) is 19.2. The van der Waals surface area contributed by atoms with Gasteiger partial charge in [-0.05, 0) is 51.0 Å². The zero-order chi connectivity index (χ0) is 17.1. The predicted molar refractivity (Wildman–Crippen MR) is 96.6 cm³/mol. The number of hydrogen-bond donors (Lipinski definition) is 0. The quantitative estimate of drug-likeness (QED) is 0.668. The van der Waals surface area contributed by atoms with Crippen LogP contribution in [0, 0.1) is 11.3 Å². The molecule has 0 aromatic carbocycles. The number of nitrogens with zero attached hydrogens (tertiary/aromatic N) is 1. The van der Waals surface area contributed by atoms with Crippen LogP contribution in [0.25, 0.3) is 0 Å². The topological polar surface area (TPSA) is 21.7 Å². The largest absolute Gasteiger partial charge is 0.347 e. The van der Waals surface area contributed by atoms with Crippen molar-refractivity contribution in [3.05, 3.63) is 0 Å². The maximum Gasteiger partial charge on any atom is 0.168 e. The number of ether oxygens (including phenoxy) is 2. The molecule has 1 spiro atoms. The Morgan fingerprint density at radius 1 is 1.22 bits per heavy atom. The fourth-order valence-electron chi connectivity index (χ4n) is 4.03. The van der Waals surface area contributed by atoms with Gasteiger partial charge in [-0.3, -0.25) is 0 Å². The summed E-state index contributed by atoms with van der Waals surface area (Å²) in [7, 11) is 2.22. The Labute approximate surface area is 144 Å². The van der Waals surface area contributed by atoms with E-state index < -0.39 is 0 Å². The third-order valence-electron chi connectivity index (χ3n) is 6.82. The van der Waals surface area contributed by atoms with Crippen LogP contribution in [-0.2, 0) is 9.47 Å². The summed E-state index contributed by atoms with van der Waals surface area (Å²) < 4.78 is 12.6. The molecule has 0 amide bonds. The predicted octanol–water partition coefficient (Wildman–Crippen LogP) is 4.84. The van der Waals surface area contributed by atoms with Crippen molar-refractivity contribution in [2.75, 3.05) is 20.2 Å². The summed E-state index contributed by atoms with van der Waals surface area (Å²) in [5, 5.41) is 0. The molecule has 2 unspecified atom stereocenters. The van der Waals surface area contributed by atoms with Gasteiger partial charge in [0.2, 0.25) is 0 Å². The number of hydrogen-bond acceptors (Lipinski definition) is 3. The van der Waals surface area contributed by atoms with Crippen molar-refractivity contribution < 1.29 is 9.47 Å². The standard InChI is InChI=1S/C20H39NO2/c1-7-16(3)21(6)14-11-18-15-22-20(23-18)12-9-17(10-13-20)19(4,5)8-2/h16-18H,7-15H2,1-6H3. The first-order valence-electron chi connectivity index (χ1n) is 9.84. The molecule has 2 fully saturated rings. The molecule has 0 N–H and O–H groups in total. The van der Waals surface area contributed by atoms with Gasteiger partial charge in [0.15, 0.2) is 5.79 Å². The van der Waals surface area contributed by atoms with Gasteiger partial charge in [0.25, 0.3) is 0 Å². The van der Waals surface area contributed by atoms with Gasteiger partial charge in [-0.15, -0.1) is 0 Å². The lowest BCUT2D eigenvalue weighted by Gasteiger charge is -2.42. The van der Waals surface area contributed by atoms with Crippen LogP contribution in [0.2, 0.25) is 0 Å². The van der Waals surface area contributed by atoms with E-state index in [0.29, 0.717) is 11.5 Å². The van der Waals surface area contributed by atoms with E-state index in [-0.39, 0.29) is 11.9 Å². The van der Waals surface area contributed by atoms with E-state index in [0.717, 1.165) is 38.3 Å². The zero-order valence-electron chi connectivity index (χ0n) is 16.4. The van der Waals surface area contributed by atoms with Crippen LogP contribution in [-0.4, -0.2) is 43.0 Å². The van der Waals surface area contributed by atoms with Gasteiger partial charge in [-0.25, -0.2) is 0 Å². The average molecular weight is 326 g/mol. The lowest BCUT2D eigenvalue weighted by Crippen LogP contribution is -2.39.